The van der Waals surface area contributed by atoms with E-state index >= 15 is 0 Å². The highest BCUT2D eigenvalue weighted by atomic mass is 16.5. The Morgan fingerprint density at radius 2 is 1.62 bits per heavy atom. The number of hydrogen-bond donors (Lipinski definition) is 3. The Balaban J connectivity index is 1.68. The molecule has 9 heteroatoms. The Bertz CT molecular complexity index is 803. The molecule has 0 unspecified atom stereocenters. The molecule has 9 nitrogen and oxygen atoms in total. The molecule has 1 aromatic heterocycles. The van der Waals surface area contributed by atoms with Crippen molar-refractivity contribution in [3.63, 3.8) is 0 Å². The Hall–Kier alpha value is -3.23. The van der Waals surface area contributed by atoms with Gasteiger partial charge in [-0.25, -0.2) is 0 Å². The van der Waals surface area contributed by atoms with Gasteiger partial charge in [0.2, 0.25) is 5.75 Å². The first-order chi connectivity index (χ1) is 12.6. The summed E-state index contributed by atoms with van der Waals surface area (Å²) in [4.78, 5) is 24.4. The Labute approximate surface area is 150 Å². The molecule has 1 saturated carbocycles. The van der Waals surface area contributed by atoms with Crippen LogP contribution in [0.4, 0.5) is 0 Å². The van der Waals surface area contributed by atoms with Gasteiger partial charge in [0.15, 0.2) is 17.2 Å². The van der Waals surface area contributed by atoms with Crippen LogP contribution in [0, 0.1) is 0 Å². The second-order valence-corrected chi connectivity index (χ2v) is 5.81. The van der Waals surface area contributed by atoms with E-state index in [-0.39, 0.29) is 11.3 Å². The second kappa shape index (κ2) is 7.34. The van der Waals surface area contributed by atoms with Crippen LogP contribution in [-0.2, 0) is 0 Å². The maximum Gasteiger partial charge on any atom is 0.290 e. The smallest absolute Gasteiger partial charge is 0.290 e. The van der Waals surface area contributed by atoms with Crippen LogP contribution in [0.1, 0.15) is 45.3 Å². The van der Waals surface area contributed by atoms with Crippen LogP contribution >= 0.6 is 0 Å². The molecule has 0 saturated heterocycles. The van der Waals surface area contributed by atoms with Crippen molar-refractivity contribution in [1.82, 2.24) is 21.0 Å². The van der Waals surface area contributed by atoms with E-state index in [0.29, 0.717) is 23.2 Å². The summed E-state index contributed by atoms with van der Waals surface area (Å²) in [6.07, 6.45) is 2.20. The van der Waals surface area contributed by atoms with Gasteiger partial charge in [-0.15, -0.1) is 0 Å². The van der Waals surface area contributed by atoms with Gasteiger partial charge in [0.25, 0.3) is 11.8 Å². The molecule has 0 spiro atoms. The molecule has 3 N–H and O–H groups in total. The number of carbonyl (C=O) groups excluding carboxylic acids is 2. The maximum atomic E-state index is 12.3. The number of carbonyl (C=O) groups is 2. The van der Waals surface area contributed by atoms with Gasteiger partial charge in [0, 0.05) is 17.2 Å². The Morgan fingerprint density at radius 3 is 2.15 bits per heavy atom. The normalized spacial score (nSPS) is 13.0. The fourth-order valence-electron chi connectivity index (χ4n) is 2.52. The van der Waals surface area contributed by atoms with Crippen molar-refractivity contribution in [2.24, 2.45) is 0 Å². The minimum atomic E-state index is -0.532. The zero-order valence-corrected chi connectivity index (χ0v) is 14.7. The average molecular weight is 360 g/mol. The van der Waals surface area contributed by atoms with E-state index in [2.05, 4.69) is 21.0 Å². The number of aromatic nitrogens is 2. The molecule has 3 rings (SSSR count). The minimum absolute atomic E-state index is 0.220. The lowest BCUT2D eigenvalue weighted by Crippen LogP contribution is -2.41. The number of H-pyrrole nitrogens is 1. The monoisotopic (exact) mass is 360 g/mol. The summed E-state index contributed by atoms with van der Waals surface area (Å²) in [6, 6.07) is 4.67. The number of rotatable bonds is 6. The van der Waals surface area contributed by atoms with Gasteiger partial charge < -0.3 is 14.2 Å². The highest BCUT2D eigenvalue weighted by Gasteiger charge is 2.26. The number of methoxy groups -OCH3 is 3. The van der Waals surface area contributed by atoms with Crippen LogP contribution in [0.2, 0.25) is 0 Å². The van der Waals surface area contributed by atoms with Gasteiger partial charge >= 0.3 is 0 Å². The molecular formula is C17H20N4O5. The van der Waals surface area contributed by atoms with Gasteiger partial charge in [-0.3, -0.25) is 25.5 Å². The average Bonchev–Trinajstić information content (AvgIpc) is 3.40. The zero-order valence-electron chi connectivity index (χ0n) is 14.7. The lowest BCUT2D eigenvalue weighted by Gasteiger charge is -2.14. The van der Waals surface area contributed by atoms with E-state index in [9.17, 15) is 9.59 Å². The second-order valence-electron chi connectivity index (χ2n) is 5.81. The number of aromatic amines is 1. The SMILES string of the molecule is COc1cc(C(=O)NNC(=O)c2cc(C3CC3)[nH]n2)cc(OC)c1OC. The van der Waals surface area contributed by atoms with Gasteiger partial charge in [0.1, 0.15) is 0 Å². The summed E-state index contributed by atoms with van der Waals surface area (Å²) >= 11 is 0. The molecule has 0 aliphatic heterocycles. The number of hydrazine groups is 1. The number of nitrogens with zero attached hydrogens (tertiary/aromatic N) is 1. The molecule has 138 valence electrons. The highest BCUT2D eigenvalue weighted by Crippen LogP contribution is 2.39. The van der Waals surface area contributed by atoms with Crippen LogP contribution in [0.3, 0.4) is 0 Å². The van der Waals surface area contributed by atoms with Crippen molar-refractivity contribution in [2.45, 2.75) is 18.8 Å². The molecule has 2 aromatic rings. The summed E-state index contributed by atoms with van der Waals surface area (Å²) in [5, 5.41) is 6.80. The van der Waals surface area contributed by atoms with Crippen molar-refractivity contribution in [2.75, 3.05) is 21.3 Å². The number of nitrogens with one attached hydrogen (secondary N) is 3. The van der Waals surface area contributed by atoms with Crippen molar-refractivity contribution in [1.29, 1.82) is 0 Å². The number of hydrogen-bond acceptors (Lipinski definition) is 6. The van der Waals surface area contributed by atoms with Crippen LogP contribution < -0.4 is 25.1 Å². The van der Waals surface area contributed by atoms with Crippen molar-refractivity contribution < 1.29 is 23.8 Å². The van der Waals surface area contributed by atoms with Crippen molar-refractivity contribution in [3.8, 4) is 17.2 Å². The van der Waals surface area contributed by atoms with Gasteiger partial charge in [-0.2, -0.15) is 5.10 Å². The standard InChI is InChI=1S/C17H20N4O5/c1-24-13-6-10(7-14(25-2)15(13)26-3)16(22)20-21-17(23)12-8-11(18-19-12)9-4-5-9/h6-9H,4-5H2,1-3H3,(H,18,19)(H,20,22)(H,21,23). The molecule has 1 aliphatic rings. The predicted octanol–water partition coefficient (Wildman–Crippen LogP) is 1.39. The molecule has 0 radical (unpaired) electrons. The minimum Gasteiger partial charge on any atom is -0.493 e. The highest BCUT2D eigenvalue weighted by molar-refractivity contribution is 5.99. The molecule has 2 amide bonds. The molecule has 26 heavy (non-hydrogen) atoms. The fraction of sp³-hybridized carbons (Fsp3) is 0.353. The quantitative estimate of drug-likeness (QED) is 0.671. The molecule has 0 atom stereocenters. The van der Waals surface area contributed by atoms with Crippen LogP contribution in [-0.4, -0.2) is 43.3 Å². The first-order valence-corrected chi connectivity index (χ1v) is 8.03. The maximum absolute atomic E-state index is 12.3. The van der Waals surface area contributed by atoms with E-state index in [4.69, 9.17) is 14.2 Å². The lowest BCUT2D eigenvalue weighted by atomic mass is 10.1. The van der Waals surface area contributed by atoms with E-state index < -0.39 is 11.8 Å². The first-order valence-electron chi connectivity index (χ1n) is 8.03. The molecular weight excluding hydrogens is 340 g/mol. The van der Waals surface area contributed by atoms with E-state index in [1.807, 2.05) is 0 Å². The molecule has 1 aromatic carbocycles. The van der Waals surface area contributed by atoms with E-state index in [0.717, 1.165) is 18.5 Å². The number of ether oxygens (including phenoxy) is 3. The van der Waals surface area contributed by atoms with Gasteiger partial charge in [0.05, 0.1) is 21.3 Å². The molecule has 1 fully saturated rings. The predicted molar refractivity (Wildman–Crippen MR) is 91.6 cm³/mol. The topological polar surface area (TPSA) is 115 Å². The van der Waals surface area contributed by atoms with Crippen molar-refractivity contribution in [3.05, 3.63) is 35.2 Å². The summed E-state index contributed by atoms with van der Waals surface area (Å²) in [7, 11) is 4.38. The third-order valence-electron chi connectivity index (χ3n) is 4.06. The molecule has 1 aliphatic carbocycles. The Morgan fingerprint density at radius 1 is 1.00 bits per heavy atom. The lowest BCUT2D eigenvalue weighted by molar-refractivity contribution is 0.0843. The summed E-state index contributed by atoms with van der Waals surface area (Å²) in [5.74, 6) is 0.469. The van der Waals surface area contributed by atoms with Gasteiger partial charge in [-0.05, 0) is 31.0 Å². The molecule has 0 bridgehead atoms. The third kappa shape index (κ3) is 3.56. The summed E-state index contributed by atoms with van der Waals surface area (Å²) < 4.78 is 15.6. The van der Waals surface area contributed by atoms with E-state index in [1.54, 1.807) is 6.07 Å². The zero-order chi connectivity index (χ0) is 18.7. The largest absolute Gasteiger partial charge is 0.493 e. The van der Waals surface area contributed by atoms with Crippen LogP contribution in [0.25, 0.3) is 0 Å². The van der Waals surface area contributed by atoms with Crippen LogP contribution in [0.5, 0.6) is 17.2 Å². The first kappa shape index (κ1) is 17.6. The Kier molecular flexibility index (Phi) is 4.97. The van der Waals surface area contributed by atoms with Crippen molar-refractivity contribution >= 4 is 11.8 Å². The van der Waals surface area contributed by atoms with E-state index in [1.165, 1.54) is 33.5 Å². The van der Waals surface area contributed by atoms with Crippen LogP contribution in [0.15, 0.2) is 18.2 Å². The third-order valence-corrected chi connectivity index (χ3v) is 4.06. The number of amides is 2. The number of benzene rings is 1. The van der Waals surface area contributed by atoms with Gasteiger partial charge in [-0.1, -0.05) is 0 Å². The fourth-order valence-corrected chi connectivity index (χ4v) is 2.52. The summed E-state index contributed by atoms with van der Waals surface area (Å²) in [6.45, 7) is 0. The molecule has 1 heterocycles. The summed E-state index contributed by atoms with van der Waals surface area (Å²) in [5.41, 5.74) is 6.08.